The molecule has 0 fully saturated rings. The van der Waals surface area contributed by atoms with Crippen molar-refractivity contribution in [2.24, 2.45) is 0 Å². The van der Waals surface area contributed by atoms with Gasteiger partial charge < -0.3 is 4.74 Å². The van der Waals surface area contributed by atoms with Crippen molar-refractivity contribution in [3.8, 4) is 5.75 Å². The molecule has 2 aromatic rings. The molecule has 0 amide bonds. The summed E-state index contributed by atoms with van der Waals surface area (Å²) >= 11 is 4.25. The van der Waals surface area contributed by atoms with Crippen LogP contribution in [0.5, 0.6) is 5.75 Å². The van der Waals surface area contributed by atoms with Crippen molar-refractivity contribution >= 4 is 24.4 Å². The molecule has 0 spiro atoms. The van der Waals surface area contributed by atoms with Gasteiger partial charge in [-0.15, -0.1) is 35.0 Å². The molecule has 0 unspecified atom stereocenters. The first-order valence-corrected chi connectivity index (χ1v) is 12.7. The van der Waals surface area contributed by atoms with Crippen molar-refractivity contribution in [1.82, 2.24) is 0 Å². The van der Waals surface area contributed by atoms with Gasteiger partial charge in [-0.25, -0.2) is 0 Å². The molecule has 1 nitrogen and oxygen atoms in total. The topological polar surface area (TPSA) is 9.23 Å². The summed E-state index contributed by atoms with van der Waals surface area (Å²) in [6, 6.07) is 15.5. The van der Waals surface area contributed by atoms with Gasteiger partial charge in [0, 0.05) is 5.75 Å². The van der Waals surface area contributed by atoms with Crippen LogP contribution in [0.3, 0.4) is 0 Å². The molecule has 0 bridgehead atoms. The Morgan fingerprint density at radius 3 is 2.71 bits per heavy atom. The molecule has 0 aliphatic rings. The zero-order valence-electron chi connectivity index (χ0n) is 10.1. The first kappa shape index (κ1) is 14.7. The van der Waals surface area contributed by atoms with Gasteiger partial charge in [0.1, 0.15) is 0 Å². The van der Waals surface area contributed by atoms with E-state index in [9.17, 15) is 0 Å². The maximum atomic E-state index is 5.60. The standard InChI is InChI=1S/C14H15O.BrH.Zn/c1-2-3-10-15-14-9-8-12-6-4-5-7-13(12)11-14;;/h4-9H,2-3,10H2,1H3;1H;/q-1;;+2/p-1. The van der Waals surface area contributed by atoms with Crippen molar-refractivity contribution in [1.29, 1.82) is 0 Å². The molecule has 0 N–H and O–H groups in total. The van der Waals surface area contributed by atoms with E-state index in [0.29, 0.717) is 0 Å². The van der Waals surface area contributed by atoms with Gasteiger partial charge in [0.15, 0.2) is 0 Å². The normalized spacial score (nSPS) is 9.65. The summed E-state index contributed by atoms with van der Waals surface area (Å²) in [4.78, 5) is 0. The van der Waals surface area contributed by atoms with Crippen molar-refractivity contribution in [3.05, 3.63) is 42.5 Å². The van der Waals surface area contributed by atoms with Gasteiger partial charge in [0.25, 0.3) is 0 Å². The number of benzene rings is 2. The number of hydrogen-bond donors (Lipinski definition) is 0. The monoisotopic (exact) mass is 342 g/mol. The number of unbranched alkanes of at least 4 members (excludes halogenated alkanes) is 1. The van der Waals surface area contributed by atoms with Crippen molar-refractivity contribution in [3.63, 3.8) is 0 Å². The zero-order valence-corrected chi connectivity index (χ0v) is 14.6. The Morgan fingerprint density at radius 2 is 1.94 bits per heavy atom. The SMILES string of the molecule is CCCCOc1[c-]c2ccccc2cc1.[Zn+][Br]. The summed E-state index contributed by atoms with van der Waals surface area (Å²) in [5.74, 6) is 0.849. The zero-order chi connectivity index (χ0) is 12.5. The minimum atomic E-state index is 0.783. The number of rotatable bonds is 4. The summed E-state index contributed by atoms with van der Waals surface area (Å²) in [7, 11) is 0. The van der Waals surface area contributed by atoms with E-state index >= 15 is 0 Å². The van der Waals surface area contributed by atoms with Crippen molar-refractivity contribution < 1.29 is 21.1 Å². The first-order valence-electron chi connectivity index (χ1n) is 5.71. The molecule has 0 saturated carbocycles. The Morgan fingerprint density at radius 1 is 1.18 bits per heavy atom. The van der Waals surface area contributed by atoms with Crippen LogP contribution in [0.2, 0.25) is 0 Å². The molecule has 0 saturated heterocycles. The third-order valence-electron chi connectivity index (χ3n) is 2.39. The van der Waals surface area contributed by atoms with Gasteiger partial charge in [-0.05, 0) is 6.42 Å². The molecular weight excluding hydrogens is 329 g/mol. The summed E-state index contributed by atoms with van der Waals surface area (Å²) in [6.07, 6.45) is 2.26. The van der Waals surface area contributed by atoms with Gasteiger partial charge in [-0.2, -0.15) is 0 Å². The number of ether oxygens (including phenoxy) is 1. The molecule has 0 aliphatic carbocycles. The van der Waals surface area contributed by atoms with E-state index in [0.717, 1.165) is 30.6 Å². The van der Waals surface area contributed by atoms with Crippen LogP contribution in [0.4, 0.5) is 0 Å². The molecule has 0 radical (unpaired) electrons. The van der Waals surface area contributed by atoms with Crippen molar-refractivity contribution in [2.75, 3.05) is 6.61 Å². The fraction of sp³-hybridized carbons (Fsp3) is 0.286. The van der Waals surface area contributed by atoms with Gasteiger partial charge in [-0.3, -0.25) is 0 Å². The molecular formula is C14H15BrOZn. The van der Waals surface area contributed by atoms with Crippen LogP contribution < -0.4 is 4.74 Å². The average Bonchev–Trinajstić information content (AvgIpc) is 2.41. The number of hydrogen-bond acceptors (Lipinski definition) is 1. The van der Waals surface area contributed by atoms with Crippen LogP contribution in [0.15, 0.2) is 36.4 Å². The number of halogens is 1. The molecule has 17 heavy (non-hydrogen) atoms. The van der Waals surface area contributed by atoms with E-state index < -0.39 is 0 Å². The van der Waals surface area contributed by atoms with Crippen LogP contribution in [0.1, 0.15) is 19.8 Å². The summed E-state index contributed by atoms with van der Waals surface area (Å²) in [5, 5.41) is 2.33. The third kappa shape index (κ3) is 4.77. The summed E-state index contributed by atoms with van der Waals surface area (Å²) in [6.45, 7) is 2.94. The summed E-state index contributed by atoms with van der Waals surface area (Å²) < 4.78 is 5.60. The molecule has 2 aromatic carbocycles. The quantitative estimate of drug-likeness (QED) is 0.445. The fourth-order valence-electron chi connectivity index (χ4n) is 1.51. The Kier molecular flexibility index (Phi) is 7.47. The van der Waals surface area contributed by atoms with Crippen LogP contribution in [0, 0.1) is 6.07 Å². The molecule has 86 valence electrons. The van der Waals surface area contributed by atoms with E-state index in [2.05, 4.69) is 44.8 Å². The van der Waals surface area contributed by atoms with E-state index in [1.54, 1.807) is 0 Å². The average molecular weight is 345 g/mol. The Hall–Kier alpha value is -0.397. The van der Waals surface area contributed by atoms with Crippen LogP contribution in [-0.2, 0) is 16.3 Å². The Labute approximate surface area is 120 Å². The second-order valence-electron chi connectivity index (χ2n) is 3.61. The van der Waals surface area contributed by atoms with E-state index in [1.165, 1.54) is 21.7 Å². The van der Waals surface area contributed by atoms with Gasteiger partial charge in [0.2, 0.25) is 0 Å². The molecule has 0 aromatic heterocycles. The molecule has 0 heterocycles. The van der Waals surface area contributed by atoms with Crippen LogP contribution >= 0.6 is 13.6 Å². The van der Waals surface area contributed by atoms with Gasteiger partial charge in [0.05, 0.1) is 6.61 Å². The van der Waals surface area contributed by atoms with E-state index in [-0.39, 0.29) is 0 Å². The summed E-state index contributed by atoms with van der Waals surface area (Å²) in [5.41, 5.74) is 0. The fourth-order valence-corrected chi connectivity index (χ4v) is 1.51. The second kappa shape index (κ2) is 8.66. The predicted octanol–water partition coefficient (Wildman–Crippen LogP) is 4.66. The Bertz CT molecular complexity index is 445. The predicted molar refractivity (Wildman–Crippen MR) is 72.1 cm³/mol. The minimum absolute atomic E-state index is 0.783. The van der Waals surface area contributed by atoms with Gasteiger partial charge in [-0.1, -0.05) is 31.5 Å². The molecule has 2 rings (SSSR count). The molecule has 0 atom stereocenters. The third-order valence-corrected chi connectivity index (χ3v) is 2.39. The second-order valence-corrected chi connectivity index (χ2v) is 3.61. The van der Waals surface area contributed by atoms with E-state index in [4.69, 9.17) is 4.74 Å². The Balaban J connectivity index is 0.000000686. The van der Waals surface area contributed by atoms with E-state index in [1.807, 2.05) is 18.2 Å². The van der Waals surface area contributed by atoms with Crippen LogP contribution in [0.25, 0.3) is 10.8 Å². The number of fused-ring (bicyclic) bond motifs is 1. The van der Waals surface area contributed by atoms with Gasteiger partial charge >= 0.3 is 30.0 Å². The molecule has 0 aliphatic heterocycles. The van der Waals surface area contributed by atoms with Crippen LogP contribution in [-0.4, -0.2) is 6.61 Å². The van der Waals surface area contributed by atoms with Crippen molar-refractivity contribution in [2.45, 2.75) is 19.8 Å². The first-order chi connectivity index (χ1) is 8.40. The molecule has 3 heteroatoms. The maximum absolute atomic E-state index is 5.60.